The predicted octanol–water partition coefficient (Wildman–Crippen LogP) is -0.0407. The van der Waals surface area contributed by atoms with E-state index in [-0.39, 0.29) is 5.82 Å². The van der Waals surface area contributed by atoms with Gasteiger partial charge in [-0.15, -0.1) is 0 Å². The maximum Gasteiger partial charge on any atom is 0.201 e. The molecular formula is C12H13FN4O3. The zero-order chi connectivity index (χ0) is 14.4. The lowest BCUT2D eigenvalue weighted by Gasteiger charge is -2.11. The van der Waals surface area contributed by atoms with Crippen LogP contribution in [0.3, 0.4) is 0 Å². The molecule has 20 heavy (non-hydrogen) atoms. The van der Waals surface area contributed by atoms with E-state index in [0.717, 1.165) is 5.56 Å². The van der Waals surface area contributed by atoms with Gasteiger partial charge in [-0.1, -0.05) is 0 Å². The Morgan fingerprint density at radius 2 is 2.35 bits per heavy atom. The Morgan fingerprint density at radius 1 is 1.60 bits per heavy atom. The van der Waals surface area contributed by atoms with Gasteiger partial charge in [0.15, 0.2) is 12.0 Å². The van der Waals surface area contributed by atoms with Crippen LogP contribution in [-0.4, -0.2) is 44.4 Å². The second-order valence-corrected chi connectivity index (χ2v) is 4.69. The van der Waals surface area contributed by atoms with Crippen LogP contribution in [0.5, 0.6) is 0 Å². The number of carbonyl (C=O) groups excluding carboxylic acids is 1. The van der Waals surface area contributed by atoms with E-state index in [2.05, 4.69) is 10.1 Å². The van der Waals surface area contributed by atoms with Gasteiger partial charge in [-0.2, -0.15) is 5.10 Å². The second kappa shape index (κ2) is 4.50. The van der Waals surface area contributed by atoms with Crippen molar-refractivity contribution in [2.45, 2.75) is 25.3 Å². The number of anilines is 1. The molecule has 0 aromatic carbocycles. The zero-order valence-corrected chi connectivity index (χ0v) is 10.7. The Morgan fingerprint density at radius 3 is 3.00 bits per heavy atom. The number of aromatic nitrogens is 3. The van der Waals surface area contributed by atoms with Crippen LogP contribution in [0, 0.1) is 6.92 Å². The summed E-state index contributed by atoms with van der Waals surface area (Å²) in [5.74, 6) is -0.491. The molecule has 8 heteroatoms. The highest BCUT2D eigenvalue weighted by Gasteiger charge is 2.45. The molecule has 2 aromatic rings. The number of fused-ring (bicyclic) bond motifs is 1. The molecule has 106 valence electrons. The minimum Gasteiger partial charge on any atom is -0.393 e. The number of rotatable bonds is 2. The number of alkyl halides is 1. The molecule has 1 aliphatic rings. The van der Waals surface area contributed by atoms with Gasteiger partial charge in [-0.05, 0) is 18.6 Å². The fourth-order valence-corrected chi connectivity index (χ4v) is 2.48. The van der Waals surface area contributed by atoms with Crippen molar-refractivity contribution in [2.24, 2.45) is 0 Å². The maximum atomic E-state index is 14.1. The first-order valence-electron chi connectivity index (χ1n) is 6.07. The van der Waals surface area contributed by atoms with Gasteiger partial charge >= 0.3 is 0 Å². The van der Waals surface area contributed by atoms with Gasteiger partial charge in [0.1, 0.15) is 24.1 Å². The SMILES string of the molecule is Cc1cc([C@@H]2O[C@H](CO)C(=O)[C@H]2F)n2ncnc(N)c12. The molecule has 3 rings (SSSR count). The number of hydrogen-bond acceptors (Lipinski definition) is 6. The highest BCUT2D eigenvalue weighted by molar-refractivity contribution is 5.90. The van der Waals surface area contributed by atoms with Crippen molar-refractivity contribution in [3.05, 3.63) is 23.7 Å². The van der Waals surface area contributed by atoms with Gasteiger partial charge in [0.05, 0.1) is 12.3 Å². The summed E-state index contributed by atoms with van der Waals surface area (Å²) in [6, 6.07) is 1.66. The van der Waals surface area contributed by atoms with Crippen molar-refractivity contribution in [2.75, 3.05) is 12.3 Å². The van der Waals surface area contributed by atoms with Crippen LogP contribution in [0.25, 0.3) is 5.52 Å². The van der Waals surface area contributed by atoms with Gasteiger partial charge in [0.25, 0.3) is 0 Å². The number of aryl methyl sites for hydroxylation is 1. The lowest BCUT2D eigenvalue weighted by Crippen LogP contribution is -2.24. The molecule has 0 radical (unpaired) electrons. The number of ether oxygens (including phenoxy) is 1. The van der Waals surface area contributed by atoms with Crippen LogP contribution in [0.4, 0.5) is 10.2 Å². The molecule has 0 aliphatic carbocycles. The average molecular weight is 280 g/mol. The Bertz CT molecular complexity index is 687. The lowest BCUT2D eigenvalue weighted by atomic mass is 10.1. The Balaban J connectivity index is 2.12. The molecule has 0 bridgehead atoms. The predicted molar refractivity (Wildman–Crippen MR) is 66.7 cm³/mol. The Hall–Kier alpha value is -2.06. The summed E-state index contributed by atoms with van der Waals surface area (Å²) < 4.78 is 20.8. The maximum absolute atomic E-state index is 14.1. The van der Waals surface area contributed by atoms with E-state index < -0.39 is 30.8 Å². The largest absolute Gasteiger partial charge is 0.393 e. The third-order valence-corrected chi connectivity index (χ3v) is 3.42. The molecule has 0 saturated carbocycles. The molecular weight excluding hydrogens is 267 g/mol. The standard InChI is InChI=1S/C12H13FN4O3/c1-5-2-6(17-9(5)12(14)15-4-16-17)11-8(13)10(19)7(3-18)20-11/h2,4,7-8,11,18H,3H2,1H3,(H2,14,15,16)/t7-,8-,11+/m1/s1. The normalized spacial score (nSPS) is 26.6. The first-order valence-corrected chi connectivity index (χ1v) is 6.07. The topological polar surface area (TPSA) is 103 Å². The number of nitrogens with two attached hydrogens (primary N) is 1. The highest BCUT2D eigenvalue weighted by Crippen LogP contribution is 2.35. The number of nitrogen functional groups attached to an aromatic ring is 1. The van der Waals surface area contributed by atoms with Crippen LogP contribution in [0.1, 0.15) is 17.4 Å². The second-order valence-electron chi connectivity index (χ2n) is 4.69. The summed E-state index contributed by atoms with van der Waals surface area (Å²) in [6.45, 7) is 1.24. The van der Waals surface area contributed by atoms with Gasteiger partial charge in [0.2, 0.25) is 5.78 Å². The van der Waals surface area contributed by atoms with Gasteiger partial charge in [-0.3, -0.25) is 4.79 Å². The molecule has 0 amide bonds. The Kier molecular flexibility index (Phi) is 2.91. The number of nitrogens with zero attached hydrogens (tertiary/aromatic N) is 3. The highest BCUT2D eigenvalue weighted by atomic mass is 19.1. The van der Waals surface area contributed by atoms with Crippen LogP contribution >= 0.6 is 0 Å². The van der Waals surface area contributed by atoms with Crippen molar-refractivity contribution in [1.82, 2.24) is 14.6 Å². The molecule has 0 spiro atoms. The minimum atomic E-state index is -1.83. The molecule has 3 atom stereocenters. The third kappa shape index (κ3) is 1.69. The van der Waals surface area contributed by atoms with Crippen LogP contribution < -0.4 is 5.73 Å². The summed E-state index contributed by atoms with van der Waals surface area (Å²) in [5.41, 5.74) is 7.46. The number of carbonyl (C=O) groups is 1. The van der Waals surface area contributed by atoms with Crippen molar-refractivity contribution >= 4 is 17.1 Å². The fraction of sp³-hybridized carbons (Fsp3) is 0.417. The van der Waals surface area contributed by atoms with Crippen molar-refractivity contribution in [3.63, 3.8) is 0 Å². The summed E-state index contributed by atoms with van der Waals surface area (Å²) >= 11 is 0. The molecule has 1 saturated heterocycles. The molecule has 1 aliphatic heterocycles. The molecule has 1 fully saturated rings. The number of aliphatic hydroxyl groups is 1. The number of ketones is 1. The van der Waals surface area contributed by atoms with Crippen LogP contribution in [-0.2, 0) is 9.53 Å². The van der Waals surface area contributed by atoms with Crippen molar-refractivity contribution < 1.29 is 19.0 Å². The molecule has 2 aromatic heterocycles. The van der Waals surface area contributed by atoms with E-state index in [1.54, 1.807) is 13.0 Å². The van der Waals surface area contributed by atoms with Gasteiger partial charge < -0.3 is 15.6 Å². The molecule has 0 unspecified atom stereocenters. The third-order valence-electron chi connectivity index (χ3n) is 3.42. The number of Topliss-reactive ketones (excluding diaryl/α,β-unsaturated/α-hetero) is 1. The summed E-state index contributed by atoms with van der Waals surface area (Å²) in [6.07, 6.45) is -2.82. The first kappa shape index (κ1) is 12.9. The van der Waals surface area contributed by atoms with Crippen LogP contribution in [0.2, 0.25) is 0 Å². The average Bonchev–Trinajstić information content (AvgIpc) is 2.90. The first-order chi connectivity index (χ1) is 9.54. The fourth-order valence-electron chi connectivity index (χ4n) is 2.48. The van der Waals surface area contributed by atoms with Crippen molar-refractivity contribution in [3.8, 4) is 0 Å². The summed E-state index contributed by atoms with van der Waals surface area (Å²) in [5, 5.41) is 13.0. The monoisotopic (exact) mass is 280 g/mol. The van der Waals surface area contributed by atoms with E-state index in [1.807, 2.05) is 0 Å². The van der Waals surface area contributed by atoms with Gasteiger partial charge in [0, 0.05) is 0 Å². The molecule has 3 heterocycles. The van der Waals surface area contributed by atoms with Gasteiger partial charge in [-0.25, -0.2) is 13.9 Å². The smallest absolute Gasteiger partial charge is 0.201 e. The van der Waals surface area contributed by atoms with E-state index in [4.69, 9.17) is 15.6 Å². The zero-order valence-electron chi connectivity index (χ0n) is 10.7. The Labute approximate surface area is 113 Å². The quantitative estimate of drug-likeness (QED) is 0.800. The number of hydrogen-bond donors (Lipinski definition) is 2. The molecule has 3 N–H and O–H groups in total. The number of halogens is 1. The van der Waals surface area contributed by atoms with E-state index in [0.29, 0.717) is 11.2 Å². The van der Waals surface area contributed by atoms with E-state index in [1.165, 1.54) is 10.8 Å². The summed E-state index contributed by atoms with van der Waals surface area (Å²) in [4.78, 5) is 15.5. The summed E-state index contributed by atoms with van der Waals surface area (Å²) in [7, 11) is 0. The number of aliphatic hydroxyl groups excluding tert-OH is 1. The van der Waals surface area contributed by atoms with Crippen LogP contribution in [0.15, 0.2) is 12.4 Å². The van der Waals surface area contributed by atoms with E-state index in [9.17, 15) is 9.18 Å². The molecule has 7 nitrogen and oxygen atoms in total. The van der Waals surface area contributed by atoms with Crippen molar-refractivity contribution in [1.29, 1.82) is 0 Å². The van der Waals surface area contributed by atoms with E-state index >= 15 is 0 Å². The lowest BCUT2D eigenvalue weighted by molar-refractivity contribution is -0.126. The minimum absolute atomic E-state index is 0.266.